The Hall–Kier alpha value is -3.13. The first-order valence-electron chi connectivity index (χ1n) is 10.7. The van der Waals surface area contributed by atoms with E-state index in [1.807, 2.05) is 38.7 Å². The molecule has 1 N–H and O–H groups in total. The Morgan fingerprint density at radius 3 is 2.88 bits per heavy atom. The third kappa shape index (κ3) is 4.41. The predicted molar refractivity (Wildman–Crippen MR) is 130 cm³/mol. The number of amides is 1. The van der Waals surface area contributed by atoms with Gasteiger partial charge in [-0.05, 0) is 49.6 Å². The quantitative estimate of drug-likeness (QED) is 0.492. The van der Waals surface area contributed by atoms with Gasteiger partial charge in [-0.2, -0.15) is 0 Å². The molecule has 0 aliphatic carbocycles. The first-order chi connectivity index (χ1) is 15.4. The van der Waals surface area contributed by atoms with Gasteiger partial charge in [0.05, 0.1) is 16.8 Å². The number of rotatable bonds is 5. The number of aromatic nitrogens is 2. The zero-order chi connectivity index (χ0) is 22.8. The van der Waals surface area contributed by atoms with Crippen LogP contribution in [-0.4, -0.2) is 40.1 Å². The van der Waals surface area contributed by atoms with Gasteiger partial charge in [0.15, 0.2) is 0 Å². The normalized spacial score (nSPS) is 14.4. The summed E-state index contributed by atoms with van der Waals surface area (Å²) in [7, 11) is 0. The summed E-state index contributed by atoms with van der Waals surface area (Å²) in [5, 5.41) is 3.94. The molecule has 1 aliphatic heterocycles. The predicted octanol–water partition coefficient (Wildman–Crippen LogP) is 5.88. The second-order valence-corrected chi connectivity index (χ2v) is 9.15. The maximum absolute atomic E-state index is 14.6. The van der Waals surface area contributed by atoms with Crippen molar-refractivity contribution in [2.45, 2.75) is 34.1 Å². The molecule has 0 fully saturated rings. The maximum atomic E-state index is 14.6. The number of fused-ring (bicyclic) bond motifs is 1. The van der Waals surface area contributed by atoms with Crippen LogP contribution >= 0.6 is 11.3 Å². The van der Waals surface area contributed by atoms with Crippen molar-refractivity contribution >= 4 is 56.4 Å². The molecule has 3 aromatic rings. The van der Waals surface area contributed by atoms with Gasteiger partial charge in [0.1, 0.15) is 22.8 Å². The monoisotopic (exact) mass is 451 g/mol. The van der Waals surface area contributed by atoms with Gasteiger partial charge < -0.3 is 10.2 Å². The highest BCUT2D eigenvalue weighted by Crippen LogP contribution is 2.36. The molecule has 1 amide bonds. The highest BCUT2D eigenvalue weighted by atomic mass is 32.1. The van der Waals surface area contributed by atoms with Crippen molar-refractivity contribution < 1.29 is 9.18 Å². The average molecular weight is 452 g/mol. The van der Waals surface area contributed by atoms with Crippen LogP contribution in [0.2, 0.25) is 0 Å². The minimum absolute atomic E-state index is 0.0234. The number of anilines is 2. The van der Waals surface area contributed by atoms with Gasteiger partial charge in [0.25, 0.3) is 0 Å². The van der Waals surface area contributed by atoms with E-state index in [0.29, 0.717) is 23.7 Å². The molecule has 2 aromatic heterocycles. The molecule has 0 unspecified atom stereocenters. The van der Waals surface area contributed by atoms with E-state index in [2.05, 4.69) is 26.4 Å². The molecule has 0 spiro atoms. The molecule has 0 atom stereocenters. The number of aliphatic imine (C=N–C) groups is 1. The van der Waals surface area contributed by atoms with E-state index < -0.39 is 0 Å². The van der Waals surface area contributed by atoms with Gasteiger partial charge in [-0.25, -0.2) is 14.4 Å². The van der Waals surface area contributed by atoms with Crippen LogP contribution in [0, 0.1) is 18.7 Å². The number of nitrogens with one attached hydrogen (secondary N) is 1. The largest absolute Gasteiger partial charge is 0.338 e. The molecule has 8 heteroatoms. The van der Waals surface area contributed by atoms with Crippen molar-refractivity contribution in [2.24, 2.45) is 10.9 Å². The third-order valence-electron chi connectivity index (χ3n) is 5.41. The molecule has 4 rings (SSSR count). The Morgan fingerprint density at radius 2 is 2.12 bits per heavy atom. The molecule has 0 saturated carbocycles. The van der Waals surface area contributed by atoms with Crippen molar-refractivity contribution in [2.75, 3.05) is 18.4 Å². The lowest BCUT2D eigenvalue weighted by atomic mass is 10.1. The first kappa shape index (κ1) is 22.1. The molecular formula is C24H26FN5OS. The lowest BCUT2D eigenvalue weighted by Gasteiger charge is -2.28. The number of hydrogen-bond acceptors (Lipinski definition) is 6. The van der Waals surface area contributed by atoms with E-state index >= 15 is 0 Å². The van der Waals surface area contributed by atoms with Gasteiger partial charge >= 0.3 is 0 Å². The fourth-order valence-corrected chi connectivity index (χ4v) is 4.78. The molecule has 0 saturated heterocycles. The van der Waals surface area contributed by atoms with E-state index in [0.717, 1.165) is 39.2 Å². The van der Waals surface area contributed by atoms with E-state index in [1.54, 1.807) is 23.6 Å². The second kappa shape index (κ2) is 9.16. The lowest BCUT2D eigenvalue weighted by molar-refractivity contribution is -0.133. The number of hydrogen-bond donors (Lipinski definition) is 1. The summed E-state index contributed by atoms with van der Waals surface area (Å²) in [4.78, 5) is 29.3. The van der Waals surface area contributed by atoms with Crippen LogP contribution < -0.4 is 5.32 Å². The number of benzene rings is 1. The van der Waals surface area contributed by atoms with E-state index in [-0.39, 0.29) is 17.6 Å². The standard InChI is InChI=1S/C24H26FN5OS/c1-5-26-19-11-20(18(25)9-15(19)4)29-22-17-10-21(32-23(17)28-13-27-22)16-7-6-8-30(12-16)24(31)14(2)3/h5,7,9-11,13-14H,6,8,12H2,1-4H3,(H,27,28,29). The molecule has 32 heavy (non-hydrogen) atoms. The number of thiophene rings is 1. The number of aryl methyl sites for hydroxylation is 1. The molecule has 166 valence electrons. The van der Waals surface area contributed by atoms with Crippen LogP contribution in [0.3, 0.4) is 0 Å². The zero-order valence-corrected chi connectivity index (χ0v) is 19.5. The summed E-state index contributed by atoms with van der Waals surface area (Å²) in [5.41, 5.74) is 2.89. The zero-order valence-electron chi connectivity index (χ0n) is 18.6. The smallest absolute Gasteiger partial charge is 0.225 e. The Bertz CT molecular complexity index is 1230. The molecule has 6 nitrogen and oxygen atoms in total. The fourth-order valence-electron chi connectivity index (χ4n) is 3.75. The van der Waals surface area contributed by atoms with E-state index in [4.69, 9.17) is 0 Å². The Kier molecular flexibility index (Phi) is 6.32. The van der Waals surface area contributed by atoms with Crippen LogP contribution in [0.4, 0.5) is 21.6 Å². The lowest BCUT2D eigenvalue weighted by Crippen LogP contribution is -2.37. The number of halogens is 1. The Labute approximate surface area is 190 Å². The van der Waals surface area contributed by atoms with Gasteiger partial charge in [0.2, 0.25) is 5.91 Å². The summed E-state index contributed by atoms with van der Waals surface area (Å²) in [6.45, 7) is 8.84. The third-order valence-corrected chi connectivity index (χ3v) is 6.53. The topological polar surface area (TPSA) is 70.5 Å². The summed E-state index contributed by atoms with van der Waals surface area (Å²) >= 11 is 1.55. The van der Waals surface area contributed by atoms with Crippen molar-refractivity contribution in [1.82, 2.24) is 14.9 Å². The minimum Gasteiger partial charge on any atom is -0.338 e. The van der Waals surface area contributed by atoms with Crippen LogP contribution in [0.5, 0.6) is 0 Å². The molecule has 1 aromatic carbocycles. The average Bonchev–Trinajstić information content (AvgIpc) is 3.22. The summed E-state index contributed by atoms with van der Waals surface area (Å²) in [5.74, 6) is 0.319. The minimum atomic E-state index is -0.363. The molecule has 3 heterocycles. The summed E-state index contributed by atoms with van der Waals surface area (Å²) in [6, 6.07) is 5.18. The van der Waals surface area contributed by atoms with Gasteiger partial charge in [-0.15, -0.1) is 11.3 Å². The SMILES string of the molecule is CC=Nc1cc(Nc2ncnc3sc(C4=CCCN(C(=O)C(C)C)C4)cc23)c(F)cc1C. The maximum Gasteiger partial charge on any atom is 0.225 e. The van der Waals surface area contributed by atoms with Gasteiger partial charge in [-0.1, -0.05) is 19.9 Å². The fraction of sp³-hybridized carbons (Fsp3) is 0.333. The Balaban J connectivity index is 1.66. The summed E-state index contributed by atoms with van der Waals surface area (Å²) in [6.07, 6.45) is 6.17. The van der Waals surface area contributed by atoms with E-state index in [9.17, 15) is 9.18 Å². The van der Waals surface area contributed by atoms with Crippen molar-refractivity contribution in [3.63, 3.8) is 0 Å². The number of carbonyl (C=O) groups is 1. The molecule has 1 aliphatic rings. The van der Waals surface area contributed by atoms with Gasteiger partial charge in [0, 0.05) is 30.1 Å². The Morgan fingerprint density at radius 1 is 1.31 bits per heavy atom. The van der Waals surface area contributed by atoms with Crippen molar-refractivity contribution in [3.8, 4) is 0 Å². The molecule has 0 radical (unpaired) electrons. The van der Waals surface area contributed by atoms with Crippen LogP contribution in [0.15, 0.2) is 35.6 Å². The first-order valence-corrected chi connectivity index (χ1v) is 11.5. The van der Waals surface area contributed by atoms with E-state index in [1.165, 1.54) is 12.4 Å². The number of carbonyl (C=O) groups excluding carboxylic acids is 1. The highest BCUT2D eigenvalue weighted by Gasteiger charge is 2.22. The molecular weight excluding hydrogens is 425 g/mol. The van der Waals surface area contributed by atoms with Crippen molar-refractivity contribution in [1.29, 1.82) is 0 Å². The van der Waals surface area contributed by atoms with Crippen LogP contribution in [0.1, 0.15) is 37.6 Å². The van der Waals surface area contributed by atoms with Crippen molar-refractivity contribution in [3.05, 3.63) is 46.9 Å². The van der Waals surface area contributed by atoms with Crippen LogP contribution in [-0.2, 0) is 4.79 Å². The molecule has 0 bridgehead atoms. The highest BCUT2D eigenvalue weighted by molar-refractivity contribution is 7.19. The number of nitrogens with zero attached hydrogens (tertiary/aromatic N) is 4. The van der Waals surface area contributed by atoms with Crippen LogP contribution in [0.25, 0.3) is 15.8 Å². The van der Waals surface area contributed by atoms with Gasteiger partial charge in [-0.3, -0.25) is 9.79 Å². The summed E-state index contributed by atoms with van der Waals surface area (Å²) < 4.78 is 14.6. The second-order valence-electron chi connectivity index (χ2n) is 8.12.